The van der Waals surface area contributed by atoms with Gasteiger partial charge in [-0.05, 0) is 52.3 Å². The minimum Gasteiger partial charge on any atom is -0.379 e. The van der Waals surface area contributed by atoms with Crippen molar-refractivity contribution in [2.45, 2.75) is 51.4 Å². The van der Waals surface area contributed by atoms with Gasteiger partial charge in [0.25, 0.3) is 0 Å². The number of anilines is 1. The zero-order valence-electron chi connectivity index (χ0n) is 10.9. The topological polar surface area (TPSA) is 21.3 Å². The van der Waals surface area contributed by atoms with Crippen molar-refractivity contribution >= 4 is 21.6 Å². The lowest BCUT2D eigenvalue weighted by Crippen LogP contribution is -2.38. The fourth-order valence-corrected chi connectivity index (χ4v) is 2.97. The van der Waals surface area contributed by atoms with E-state index < -0.39 is 0 Å². The van der Waals surface area contributed by atoms with Gasteiger partial charge in [0.15, 0.2) is 0 Å². The number of nitrogens with one attached hydrogen (secondary N) is 1. The van der Waals surface area contributed by atoms with Gasteiger partial charge in [-0.15, -0.1) is 0 Å². The number of hydrogen-bond acceptors (Lipinski definition) is 2. The van der Waals surface area contributed by atoms with Crippen molar-refractivity contribution in [2.24, 2.45) is 0 Å². The average molecular weight is 298 g/mol. The van der Waals surface area contributed by atoms with Crippen molar-refractivity contribution in [1.29, 1.82) is 0 Å². The van der Waals surface area contributed by atoms with Gasteiger partial charge in [-0.3, -0.25) is 0 Å². The third-order valence-electron chi connectivity index (χ3n) is 3.24. The van der Waals surface area contributed by atoms with Crippen LogP contribution in [-0.2, 0) is 4.74 Å². The lowest BCUT2D eigenvalue weighted by molar-refractivity contribution is -0.0662. The molecular weight excluding hydrogens is 278 g/mol. The maximum atomic E-state index is 6.08. The van der Waals surface area contributed by atoms with Crippen molar-refractivity contribution in [1.82, 2.24) is 0 Å². The van der Waals surface area contributed by atoms with Crippen LogP contribution in [0.15, 0.2) is 28.7 Å². The molecule has 2 nitrogen and oxygen atoms in total. The van der Waals surface area contributed by atoms with Crippen molar-refractivity contribution in [2.75, 3.05) is 5.32 Å². The second kappa shape index (κ2) is 4.29. The highest BCUT2D eigenvalue weighted by Gasteiger charge is 2.45. The molecule has 1 aromatic rings. The molecule has 1 aliphatic heterocycles. The third-order valence-corrected chi connectivity index (χ3v) is 3.73. The smallest absolute Gasteiger partial charge is 0.0834 e. The first-order valence-corrected chi connectivity index (χ1v) is 6.80. The van der Waals surface area contributed by atoms with Crippen LogP contribution < -0.4 is 5.32 Å². The molecule has 1 unspecified atom stereocenters. The van der Waals surface area contributed by atoms with E-state index in [1.807, 2.05) is 12.1 Å². The number of hydrogen-bond donors (Lipinski definition) is 1. The molecule has 3 heteroatoms. The first-order valence-electron chi connectivity index (χ1n) is 6.01. The van der Waals surface area contributed by atoms with Crippen LogP contribution in [0.25, 0.3) is 0 Å². The summed E-state index contributed by atoms with van der Waals surface area (Å²) in [5.74, 6) is 0. The van der Waals surface area contributed by atoms with Gasteiger partial charge in [-0.25, -0.2) is 0 Å². The summed E-state index contributed by atoms with van der Waals surface area (Å²) in [5.41, 5.74) is 0.956. The van der Waals surface area contributed by atoms with Gasteiger partial charge in [-0.1, -0.05) is 22.0 Å². The van der Waals surface area contributed by atoms with E-state index in [0.29, 0.717) is 6.04 Å². The third kappa shape index (κ3) is 3.02. The molecule has 1 aliphatic rings. The fourth-order valence-electron chi connectivity index (χ4n) is 2.57. The number of rotatable bonds is 2. The van der Waals surface area contributed by atoms with E-state index >= 15 is 0 Å². The van der Waals surface area contributed by atoms with E-state index in [4.69, 9.17) is 4.74 Å². The van der Waals surface area contributed by atoms with Crippen LogP contribution in [-0.4, -0.2) is 17.2 Å². The van der Waals surface area contributed by atoms with Crippen molar-refractivity contribution in [3.8, 4) is 0 Å². The molecule has 0 radical (unpaired) electrons. The molecule has 0 bridgehead atoms. The second-order valence-corrected chi connectivity index (χ2v) is 6.79. The van der Waals surface area contributed by atoms with Crippen molar-refractivity contribution in [3.05, 3.63) is 28.7 Å². The molecule has 0 saturated carbocycles. The van der Waals surface area contributed by atoms with Crippen LogP contribution in [0.5, 0.6) is 0 Å². The van der Waals surface area contributed by atoms with Crippen molar-refractivity contribution in [3.63, 3.8) is 0 Å². The van der Waals surface area contributed by atoms with Gasteiger partial charge in [0, 0.05) is 10.2 Å². The Bertz CT molecular complexity index is 414. The quantitative estimate of drug-likeness (QED) is 0.883. The second-order valence-electron chi connectivity index (χ2n) is 5.88. The Hall–Kier alpha value is -0.540. The molecule has 1 fully saturated rings. The molecule has 1 heterocycles. The predicted molar refractivity (Wildman–Crippen MR) is 75.4 cm³/mol. The molecule has 17 heavy (non-hydrogen) atoms. The van der Waals surface area contributed by atoms with E-state index in [1.165, 1.54) is 0 Å². The van der Waals surface area contributed by atoms with Crippen LogP contribution in [0, 0.1) is 0 Å². The molecule has 94 valence electrons. The van der Waals surface area contributed by atoms with Gasteiger partial charge in [0.05, 0.1) is 17.2 Å². The molecule has 0 amide bonds. The molecule has 1 aromatic carbocycles. The summed E-state index contributed by atoms with van der Waals surface area (Å²) in [6.45, 7) is 8.60. The van der Waals surface area contributed by atoms with Gasteiger partial charge in [0.1, 0.15) is 0 Å². The molecule has 0 aromatic heterocycles. The number of benzene rings is 1. The van der Waals surface area contributed by atoms with Gasteiger partial charge in [0.2, 0.25) is 0 Å². The largest absolute Gasteiger partial charge is 0.379 e. The van der Waals surface area contributed by atoms with Crippen molar-refractivity contribution < 1.29 is 4.74 Å². The van der Waals surface area contributed by atoms with Crippen LogP contribution in [0.2, 0.25) is 0 Å². The highest BCUT2D eigenvalue weighted by Crippen LogP contribution is 2.38. The molecular formula is C14H20BrNO. The normalized spacial score (nSPS) is 25.8. The summed E-state index contributed by atoms with van der Waals surface area (Å²) < 4.78 is 7.17. The fraction of sp³-hybridized carbons (Fsp3) is 0.571. The maximum Gasteiger partial charge on any atom is 0.0834 e. The predicted octanol–water partition coefficient (Wildman–Crippen LogP) is 4.21. The average Bonchev–Trinajstić information content (AvgIpc) is 2.34. The lowest BCUT2D eigenvalue weighted by Gasteiger charge is -2.28. The van der Waals surface area contributed by atoms with Gasteiger partial charge < -0.3 is 10.1 Å². The number of ether oxygens (including phenoxy) is 1. The molecule has 1 saturated heterocycles. The van der Waals surface area contributed by atoms with Crippen LogP contribution in [0.3, 0.4) is 0 Å². The molecule has 1 N–H and O–H groups in total. The summed E-state index contributed by atoms with van der Waals surface area (Å²) in [7, 11) is 0. The molecule has 2 rings (SSSR count). The minimum absolute atomic E-state index is 0.0484. The Labute approximate surface area is 112 Å². The Balaban J connectivity index is 2.14. The van der Waals surface area contributed by atoms with E-state index in [0.717, 1.165) is 16.6 Å². The van der Waals surface area contributed by atoms with E-state index in [9.17, 15) is 0 Å². The summed E-state index contributed by atoms with van der Waals surface area (Å²) >= 11 is 3.49. The highest BCUT2D eigenvalue weighted by molar-refractivity contribution is 9.10. The van der Waals surface area contributed by atoms with Crippen LogP contribution in [0.1, 0.15) is 34.1 Å². The Kier molecular flexibility index (Phi) is 3.25. The molecule has 0 spiro atoms. The van der Waals surface area contributed by atoms with Gasteiger partial charge in [-0.2, -0.15) is 0 Å². The summed E-state index contributed by atoms with van der Waals surface area (Å²) in [4.78, 5) is 0. The SMILES string of the molecule is CC1(C)CC(Nc2cccc(Br)c2)C(C)(C)O1. The standard InChI is InChI=1S/C14H20BrNO/c1-13(2)9-12(14(3,4)17-13)16-11-7-5-6-10(15)8-11/h5-8,12,16H,9H2,1-4H3. The van der Waals surface area contributed by atoms with E-state index in [-0.39, 0.29) is 11.2 Å². The Morgan fingerprint density at radius 3 is 2.53 bits per heavy atom. The zero-order chi connectivity index (χ0) is 12.7. The highest BCUT2D eigenvalue weighted by atomic mass is 79.9. The summed E-state index contributed by atoms with van der Waals surface area (Å²) in [5, 5.41) is 3.57. The Morgan fingerprint density at radius 1 is 1.29 bits per heavy atom. The minimum atomic E-state index is -0.133. The molecule has 0 aliphatic carbocycles. The van der Waals surface area contributed by atoms with E-state index in [2.05, 4.69) is 61.1 Å². The Morgan fingerprint density at radius 2 is 2.00 bits per heavy atom. The van der Waals surface area contributed by atoms with Crippen LogP contribution in [0.4, 0.5) is 5.69 Å². The number of halogens is 1. The van der Waals surface area contributed by atoms with Crippen LogP contribution >= 0.6 is 15.9 Å². The monoisotopic (exact) mass is 297 g/mol. The van der Waals surface area contributed by atoms with Gasteiger partial charge >= 0.3 is 0 Å². The summed E-state index contributed by atoms with van der Waals surface area (Å²) in [6, 6.07) is 8.60. The first-order chi connectivity index (χ1) is 7.78. The summed E-state index contributed by atoms with van der Waals surface area (Å²) in [6.07, 6.45) is 1.02. The molecule has 1 atom stereocenters. The first kappa shape index (κ1) is 12.9. The lowest BCUT2D eigenvalue weighted by atomic mass is 9.94. The van der Waals surface area contributed by atoms with E-state index in [1.54, 1.807) is 0 Å². The zero-order valence-corrected chi connectivity index (χ0v) is 12.5. The maximum absolute atomic E-state index is 6.08.